The lowest BCUT2D eigenvalue weighted by Crippen LogP contribution is -2.30. The molecule has 4 heterocycles. The molecule has 0 N–H and O–H groups in total. The number of para-hydroxylation sites is 3. The minimum atomic E-state index is 0.601. The Balaban J connectivity index is 0.930. The molecular formula is C57H36N4OS. The first-order chi connectivity index (χ1) is 31.2. The average Bonchev–Trinajstić information content (AvgIpc) is 4.03. The lowest BCUT2D eigenvalue weighted by Gasteiger charge is -2.15. The zero-order chi connectivity index (χ0) is 41.4. The molecule has 0 radical (unpaired) electrons. The smallest absolute Gasteiger partial charge is 0.164 e. The Morgan fingerprint density at radius 2 is 1.05 bits per heavy atom. The van der Waals surface area contributed by atoms with Crippen LogP contribution in [-0.4, -0.2) is 19.5 Å². The molecule has 296 valence electrons. The molecule has 6 heteroatoms. The first-order valence-electron chi connectivity index (χ1n) is 21.4. The maximum Gasteiger partial charge on any atom is 0.164 e. The summed E-state index contributed by atoms with van der Waals surface area (Å²) in [6, 6.07) is 64.5. The number of thiophene rings is 1. The highest BCUT2D eigenvalue weighted by Crippen LogP contribution is 2.42. The lowest BCUT2D eigenvalue weighted by atomic mass is 9.92. The number of hydrogen-bond acceptors (Lipinski definition) is 5. The Bertz CT molecular complexity index is 3920. The predicted molar refractivity (Wildman–Crippen MR) is 261 cm³/mol. The summed E-state index contributed by atoms with van der Waals surface area (Å²) >= 11 is 1.80. The summed E-state index contributed by atoms with van der Waals surface area (Å²) in [7, 11) is 0. The third kappa shape index (κ3) is 5.87. The molecule has 5 nitrogen and oxygen atoms in total. The van der Waals surface area contributed by atoms with E-state index in [0.29, 0.717) is 17.5 Å². The van der Waals surface area contributed by atoms with Crippen molar-refractivity contribution in [3.05, 3.63) is 193 Å². The molecule has 1 aliphatic rings. The van der Waals surface area contributed by atoms with Crippen LogP contribution in [0.25, 0.3) is 127 Å². The molecule has 12 aromatic rings. The van der Waals surface area contributed by atoms with Gasteiger partial charge in [-0.2, -0.15) is 0 Å². The van der Waals surface area contributed by atoms with Crippen molar-refractivity contribution in [1.29, 1.82) is 0 Å². The third-order valence-electron chi connectivity index (χ3n) is 12.5. The van der Waals surface area contributed by atoms with Crippen LogP contribution < -0.4 is 10.6 Å². The van der Waals surface area contributed by atoms with Crippen LogP contribution >= 0.6 is 11.3 Å². The van der Waals surface area contributed by atoms with E-state index in [1.165, 1.54) is 69.6 Å². The quantitative estimate of drug-likeness (QED) is 0.168. The monoisotopic (exact) mass is 824 g/mol. The molecule has 8 aromatic carbocycles. The van der Waals surface area contributed by atoms with Crippen molar-refractivity contribution in [3.63, 3.8) is 0 Å². The fourth-order valence-electron chi connectivity index (χ4n) is 9.58. The van der Waals surface area contributed by atoms with Gasteiger partial charge in [-0.3, -0.25) is 0 Å². The van der Waals surface area contributed by atoms with E-state index in [9.17, 15) is 0 Å². The van der Waals surface area contributed by atoms with Gasteiger partial charge in [0, 0.05) is 74.8 Å². The van der Waals surface area contributed by atoms with Crippen LogP contribution in [0.5, 0.6) is 0 Å². The maximum absolute atomic E-state index is 6.27. The van der Waals surface area contributed by atoms with Crippen molar-refractivity contribution in [2.24, 2.45) is 0 Å². The zero-order valence-electron chi connectivity index (χ0n) is 34.0. The number of furan rings is 1. The molecule has 0 saturated carbocycles. The SMILES string of the molecule is C1=c2c(n(-c3ccccc3)c3c(-c4ccccc4-c4ccc5sc6cc(-c7nc(-c8ccccc8)nc(-c8ccc9c(c8)oc8ccccc89)n7)ccc6c5c4)cccc23)=CCC1. The van der Waals surface area contributed by atoms with Gasteiger partial charge >= 0.3 is 0 Å². The van der Waals surface area contributed by atoms with Gasteiger partial charge in [0.25, 0.3) is 0 Å². The number of aromatic nitrogens is 4. The molecule has 13 rings (SSSR count). The van der Waals surface area contributed by atoms with Crippen molar-refractivity contribution in [1.82, 2.24) is 19.5 Å². The molecule has 4 aromatic heterocycles. The van der Waals surface area contributed by atoms with Crippen LogP contribution in [-0.2, 0) is 0 Å². The molecule has 0 atom stereocenters. The van der Waals surface area contributed by atoms with Crippen LogP contribution in [0.3, 0.4) is 0 Å². The molecular weight excluding hydrogens is 789 g/mol. The Hall–Kier alpha value is -7.93. The molecule has 0 unspecified atom stereocenters. The zero-order valence-corrected chi connectivity index (χ0v) is 34.8. The van der Waals surface area contributed by atoms with Crippen molar-refractivity contribution in [2.75, 3.05) is 0 Å². The fraction of sp³-hybridized carbons (Fsp3) is 0.0351. The Morgan fingerprint density at radius 3 is 1.89 bits per heavy atom. The van der Waals surface area contributed by atoms with Crippen molar-refractivity contribution in [3.8, 4) is 62.1 Å². The van der Waals surface area contributed by atoms with E-state index in [4.69, 9.17) is 19.4 Å². The normalized spacial score (nSPS) is 12.6. The first kappa shape index (κ1) is 35.8. The van der Waals surface area contributed by atoms with Gasteiger partial charge in [-0.15, -0.1) is 11.3 Å². The number of fused-ring (bicyclic) bond motifs is 9. The molecule has 1 aliphatic carbocycles. The van der Waals surface area contributed by atoms with Gasteiger partial charge in [0.2, 0.25) is 0 Å². The highest BCUT2D eigenvalue weighted by molar-refractivity contribution is 7.25. The van der Waals surface area contributed by atoms with Crippen LogP contribution in [0.15, 0.2) is 186 Å². The van der Waals surface area contributed by atoms with Gasteiger partial charge in [0.1, 0.15) is 11.2 Å². The van der Waals surface area contributed by atoms with Gasteiger partial charge in [0.15, 0.2) is 17.5 Å². The van der Waals surface area contributed by atoms with E-state index in [0.717, 1.165) is 51.5 Å². The third-order valence-corrected chi connectivity index (χ3v) is 13.6. The summed E-state index contributed by atoms with van der Waals surface area (Å²) in [4.78, 5) is 15.2. The molecule has 63 heavy (non-hydrogen) atoms. The van der Waals surface area contributed by atoms with E-state index < -0.39 is 0 Å². The van der Waals surface area contributed by atoms with Gasteiger partial charge in [-0.05, 0) is 78.1 Å². The standard InChI is InChI=1S/C57H36N4OS/c1-3-14-35(15-4-1)55-58-56(37-26-29-44-43-21-10-12-25-50(43)62-51(44)33-37)60-57(59-55)38-27-30-45-48-32-36(28-31-52(48)63-53(45)34-38)40-18-7-8-19-41(40)46-22-13-23-47-42-20-9-11-24-49(42)61(54(46)47)39-16-5-2-6-17-39/h1-8,10,12-34H,9,11H2. The topological polar surface area (TPSA) is 56.7 Å². The first-order valence-corrected chi connectivity index (χ1v) is 22.2. The average molecular weight is 825 g/mol. The van der Waals surface area contributed by atoms with Crippen LogP contribution in [0.4, 0.5) is 0 Å². The summed E-state index contributed by atoms with van der Waals surface area (Å²) in [6.45, 7) is 0. The van der Waals surface area contributed by atoms with Gasteiger partial charge in [-0.1, -0.05) is 146 Å². The fourth-order valence-corrected chi connectivity index (χ4v) is 10.7. The molecule has 0 bridgehead atoms. The van der Waals surface area contributed by atoms with Crippen molar-refractivity contribution in [2.45, 2.75) is 12.8 Å². The Labute approximate surface area is 366 Å². The highest BCUT2D eigenvalue weighted by atomic mass is 32.1. The number of benzene rings is 8. The van der Waals surface area contributed by atoms with E-state index >= 15 is 0 Å². The van der Waals surface area contributed by atoms with Gasteiger partial charge in [0.05, 0.1) is 5.52 Å². The largest absolute Gasteiger partial charge is 0.456 e. The second kappa shape index (κ2) is 14.3. The molecule has 0 spiro atoms. The Morgan fingerprint density at radius 1 is 0.413 bits per heavy atom. The summed E-state index contributed by atoms with van der Waals surface area (Å²) in [5, 5.41) is 8.52. The molecule has 0 amide bonds. The second-order valence-corrected chi connectivity index (χ2v) is 17.3. The van der Waals surface area contributed by atoms with Crippen molar-refractivity contribution < 1.29 is 4.42 Å². The number of hydrogen-bond donors (Lipinski definition) is 0. The van der Waals surface area contributed by atoms with Crippen LogP contribution in [0, 0.1) is 0 Å². The van der Waals surface area contributed by atoms with Gasteiger partial charge < -0.3 is 8.98 Å². The summed E-state index contributed by atoms with van der Waals surface area (Å²) in [6.07, 6.45) is 6.93. The second-order valence-electron chi connectivity index (χ2n) is 16.2. The summed E-state index contributed by atoms with van der Waals surface area (Å²) in [5.74, 6) is 1.86. The van der Waals surface area contributed by atoms with Crippen LogP contribution in [0.2, 0.25) is 0 Å². The predicted octanol–water partition coefficient (Wildman–Crippen LogP) is 13.8. The molecule has 0 saturated heterocycles. The van der Waals surface area contributed by atoms with E-state index in [-0.39, 0.29) is 0 Å². The minimum Gasteiger partial charge on any atom is -0.456 e. The Kier molecular flexibility index (Phi) is 8.14. The maximum atomic E-state index is 6.27. The van der Waals surface area contributed by atoms with E-state index in [1.54, 1.807) is 11.3 Å². The van der Waals surface area contributed by atoms with Crippen molar-refractivity contribution >= 4 is 76.5 Å². The van der Waals surface area contributed by atoms with E-state index in [1.807, 2.05) is 54.6 Å². The van der Waals surface area contributed by atoms with E-state index in [2.05, 4.69) is 144 Å². The molecule has 0 fully saturated rings. The molecule has 0 aliphatic heterocycles. The summed E-state index contributed by atoms with van der Waals surface area (Å²) in [5.41, 5.74) is 11.7. The van der Waals surface area contributed by atoms with Gasteiger partial charge in [-0.25, -0.2) is 15.0 Å². The lowest BCUT2D eigenvalue weighted by molar-refractivity contribution is 0.669. The van der Waals surface area contributed by atoms with Crippen LogP contribution in [0.1, 0.15) is 12.8 Å². The summed E-state index contributed by atoms with van der Waals surface area (Å²) < 4.78 is 11.2. The highest BCUT2D eigenvalue weighted by Gasteiger charge is 2.20. The number of nitrogens with zero attached hydrogens (tertiary/aromatic N) is 4. The minimum absolute atomic E-state index is 0.601. The number of rotatable bonds is 6.